The number of carbonyl (C=O) groups is 2. The highest BCUT2D eigenvalue weighted by molar-refractivity contribution is 7.99. The van der Waals surface area contributed by atoms with Crippen LogP contribution in [-0.4, -0.2) is 44.1 Å². The summed E-state index contributed by atoms with van der Waals surface area (Å²) in [5.41, 5.74) is 0.679. The fourth-order valence-corrected chi connectivity index (χ4v) is 5.76. The third-order valence-electron chi connectivity index (χ3n) is 6.00. The van der Waals surface area contributed by atoms with Crippen LogP contribution < -0.4 is 10.0 Å². The Hall–Kier alpha value is -4.75. The van der Waals surface area contributed by atoms with Gasteiger partial charge in [0.15, 0.2) is 0 Å². The molecule has 13 heteroatoms. The number of halogens is 1. The minimum absolute atomic E-state index is 0.0223. The number of esters is 1. The van der Waals surface area contributed by atoms with Crippen LogP contribution in [0.25, 0.3) is 11.1 Å². The number of nitro benzene ring substituents is 1. The van der Waals surface area contributed by atoms with E-state index in [1.165, 1.54) is 43.1 Å². The van der Waals surface area contributed by atoms with Gasteiger partial charge in [-0.1, -0.05) is 42.5 Å². The lowest BCUT2D eigenvalue weighted by molar-refractivity contribution is -0.384. The van der Waals surface area contributed by atoms with Gasteiger partial charge in [-0.3, -0.25) is 14.9 Å². The smallest absolute Gasteiger partial charge is 0.329 e. The number of thioether (sulfide) groups is 1. The molecule has 0 spiro atoms. The number of rotatable bonds is 11. The molecule has 0 heterocycles. The first kappa shape index (κ1) is 30.2. The van der Waals surface area contributed by atoms with Gasteiger partial charge in [0.05, 0.1) is 16.9 Å². The van der Waals surface area contributed by atoms with Gasteiger partial charge in [0.1, 0.15) is 17.5 Å². The zero-order chi connectivity index (χ0) is 30.3. The number of hydrogen-bond acceptors (Lipinski definition) is 9. The van der Waals surface area contributed by atoms with Crippen LogP contribution in [0.1, 0.15) is 10.4 Å². The van der Waals surface area contributed by atoms with Crippen molar-refractivity contribution in [1.29, 1.82) is 0 Å². The quantitative estimate of drug-likeness (QED) is 0.101. The van der Waals surface area contributed by atoms with Crippen molar-refractivity contribution >= 4 is 45.0 Å². The summed E-state index contributed by atoms with van der Waals surface area (Å²) in [4.78, 5) is 36.5. The Morgan fingerprint density at radius 2 is 1.57 bits per heavy atom. The number of sulfonamides is 1. The lowest BCUT2D eigenvalue weighted by Crippen LogP contribution is -2.33. The van der Waals surface area contributed by atoms with Gasteiger partial charge < -0.3 is 10.1 Å². The van der Waals surface area contributed by atoms with Crippen molar-refractivity contribution in [3.8, 4) is 11.1 Å². The number of nitro groups is 1. The monoisotopic (exact) mass is 609 g/mol. The Labute approximate surface area is 245 Å². The van der Waals surface area contributed by atoms with E-state index in [1.54, 1.807) is 24.3 Å². The third-order valence-corrected chi connectivity index (χ3v) is 8.44. The molecule has 42 heavy (non-hydrogen) atoms. The molecule has 216 valence electrons. The van der Waals surface area contributed by atoms with E-state index in [9.17, 15) is 32.5 Å². The van der Waals surface area contributed by atoms with Gasteiger partial charge in [-0.05, 0) is 59.7 Å². The maximum atomic E-state index is 13.2. The van der Waals surface area contributed by atoms with E-state index in [0.29, 0.717) is 11.1 Å². The number of hydrogen-bond donors (Lipinski definition) is 2. The summed E-state index contributed by atoms with van der Waals surface area (Å²) in [5, 5.41) is 14.6. The fraction of sp³-hybridized carbons (Fsp3) is 0.103. The van der Waals surface area contributed by atoms with Gasteiger partial charge in [0.2, 0.25) is 0 Å². The molecule has 2 N–H and O–H groups in total. The maximum absolute atomic E-state index is 13.2. The second-order valence-corrected chi connectivity index (χ2v) is 11.6. The summed E-state index contributed by atoms with van der Waals surface area (Å²) in [7, 11) is -3.32. The number of benzene rings is 4. The SMILES string of the molecule is COC(=O)[C@H](CSc1ccccc1)Nc1ccc(S(=O)(=O)NC(=O)c2ccc(-c3ccc(F)cc3)cc2)cc1[N+](=O)[O-]. The van der Waals surface area contributed by atoms with Gasteiger partial charge >= 0.3 is 5.97 Å². The Morgan fingerprint density at radius 3 is 2.17 bits per heavy atom. The lowest BCUT2D eigenvalue weighted by atomic mass is 10.0. The van der Waals surface area contributed by atoms with Crippen LogP contribution >= 0.6 is 11.8 Å². The molecule has 1 atom stereocenters. The minimum atomic E-state index is -4.51. The van der Waals surface area contributed by atoms with Crippen LogP contribution in [0.5, 0.6) is 0 Å². The number of nitrogens with zero attached hydrogens (tertiary/aromatic N) is 1. The summed E-state index contributed by atoms with van der Waals surface area (Å²) >= 11 is 1.33. The normalized spacial score (nSPS) is 11.8. The number of ether oxygens (including phenoxy) is 1. The molecule has 0 aliphatic rings. The predicted molar refractivity (Wildman–Crippen MR) is 156 cm³/mol. The van der Waals surface area contributed by atoms with Gasteiger partial charge in [-0.15, -0.1) is 11.8 Å². The largest absolute Gasteiger partial charge is 0.467 e. The molecule has 0 bridgehead atoms. The summed E-state index contributed by atoms with van der Waals surface area (Å²) in [6.07, 6.45) is 0. The Morgan fingerprint density at radius 1 is 0.952 bits per heavy atom. The van der Waals surface area contributed by atoms with E-state index in [4.69, 9.17) is 4.74 Å². The van der Waals surface area contributed by atoms with E-state index >= 15 is 0 Å². The topological polar surface area (TPSA) is 145 Å². The number of anilines is 1. The minimum Gasteiger partial charge on any atom is -0.467 e. The van der Waals surface area contributed by atoms with E-state index < -0.39 is 49.3 Å². The van der Waals surface area contributed by atoms with Gasteiger partial charge in [0, 0.05) is 22.3 Å². The van der Waals surface area contributed by atoms with Crippen LogP contribution in [0.2, 0.25) is 0 Å². The van der Waals surface area contributed by atoms with Crippen LogP contribution in [-0.2, 0) is 19.6 Å². The molecule has 0 aliphatic heterocycles. The molecular formula is C29H24FN3O7S2. The molecule has 0 saturated carbocycles. The lowest BCUT2D eigenvalue weighted by Gasteiger charge is -2.18. The van der Waals surface area contributed by atoms with E-state index in [-0.39, 0.29) is 17.0 Å². The average molecular weight is 610 g/mol. The third kappa shape index (κ3) is 7.50. The van der Waals surface area contributed by atoms with Crippen molar-refractivity contribution in [3.05, 3.63) is 119 Å². The fourth-order valence-electron chi connectivity index (χ4n) is 3.84. The first-order valence-corrected chi connectivity index (χ1v) is 14.8. The molecule has 0 radical (unpaired) electrons. The second-order valence-electron chi connectivity index (χ2n) is 8.80. The molecule has 0 saturated heterocycles. The molecule has 4 rings (SSSR count). The molecule has 10 nitrogen and oxygen atoms in total. The molecule has 4 aromatic rings. The zero-order valence-electron chi connectivity index (χ0n) is 22.0. The van der Waals surface area contributed by atoms with Crippen LogP contribution in [0.15, 0.2) is 107 Å². The van der Waals surface area contributed by atoms with Gasteiger partial charge in [-0.25, -0.2) is 22.3 Å². The predicted octanol–water partition coefficient (Wildman–Crippen LogP) is 5.27. The summed E-state index contributed by atoms with van der Waals surface area (Å²) in [6.45, 7) is 0. The number of methoxy groups -OCH3 is 1. The molecule has 0 aliphatic carbocycles. The first-order valence-electron chi connectivity index (χ1n) is 12.3. The summed E-state index contributed by atoms with van der Waals surface area (Å²) in [6, 6.07) is 22.9. The standard InChI is InChI=1S/C29H24FN3O7S2/c1-40-29(35)26(18-41-23-5-3-2-4-6-23)31-25-16-15-24(17-27(25)33(36)37)42(38,39)32-28(34)21-9-7-19(8-10-21)20-11-13-22(30)14-12-20/h2-17,26,31H,18H2,1H3,(H,32,34)/t26-/m0/s1. The molecule has 1 amide bonds. The average Bonchev–Trinajstić information content (AvgIpc) is 2.99. The highest BCUT2D eigenvalue weighted by Crippen LogP contribution is 2.30. The Kier molecular flexibility index (Phi) is 9.55. The van der Waals surface area contributed by atoms with Crippen molar-refractivity contribution in [2.24, 2.45) is 0 Å². The highest BCUT2D eigenvalue weighted by atomic mass is 32.2. The van der Waals surface area contributed by atoms with Crippen molar-refractivity contribution < 1.29 is 32.1 Å². The number of carbonyl (C=O) groups excluding carboxylic acids is 2. The van der Waals surface area contributed by atoms with E-state index in [2.05, 4.69) is 5.32 Å². The summed E-state index contributed by atoms with van der Waals surface area (Å²) in [5.74, 6) is -1.84. The first-order chi connectivity index (χ1) is 20.1. The van der Waals surface area contributed by atoms with Crippen molar-refractivity contribution in [2.75, 3.05) is 18.2 Å². The number of amides is 1. The summed E-state index contributed by atoms with van der Waals surface area (Å²) < 4.78 is 45.9. The zero-order valence-corrected chi connectivity index (χ0v) is 23.7. The van der Waals surface area contributed by atoms with Crippen molar-refractivity contribution in [1.82, 2.24) is 4.72 Å². The van der Waals surface area contributed by atoms with Crippen LogP contribution in [0.4, 0.5) is 15.8 Å². The maximum Gasteiger partial charge on any atom is 0.329 e. The van der Waals surface area contributed by atoms with Crippen molar-refractivity contribution in [2.45, 2.75) is 15.8 Å². The highest BCUT2D eigenvalue weighted by Gasteiger charge is 2.27. The van der Waals surface area contributed by atoms with Gasteiger partial charge in [0.25, 0.3) is 21.6 Å². The molecular weight excluding hydrogens is 585 g/mol. The van der Waals surface area contributed by atoms with Crippen LogP contribution in [0.3, 0.4) is 0 Å². The van der Waals surface area contributed by atoms with Crippen molar-refractivity contribution in [3.63, 3.8) is 0 Å². The second kappa shape index (κ2) is 13.3. The van der Waals surface area contributed by atoms with Gasteiger partial charge in [-0.2, -0.15) is 0 Å². The Bertz CT molecular complexity index is 1700. The molecule has 4 aromatic carbocycles. The van der Waals surface area contributed by atoms with E-state index in [1.807, 2.05) is 35.1 Å². The van der Waals surface area contributed by atoms with Crippen LogP contribution in [0, 0.1) is 15.9 Å². The molecule has 0 fully saturated rings. The Balaban J connectivity index is 1.51. The van der Waals surface area contributed by atoms with E-state index in [0.717, 1.165) is 23.1 Å². The molecule has 0 aromatic heterocycles. The number of nitrogens with one attached hydrogen (secondary N) is 2. The molecule has 0 unspecified atom stereocenters.